The van der Waals surface area contributed by atoms with Crippen LogP contribution in [0.5, 0.6) is 11.6 Å². The highest BCUT2D eigenvalue weighted by atomic mass is 35.5. The fourth-order valence-corrected chi connectivity index (χ4v) is 1.91. The van der Waals surface area contributed by atoms with Crippen molar-refractivity contribution >= 4 is 11.6 Å². The van der Waals surface area contributed by atoms with E-state index in [4.69, 9.17) is 21.1 Å². The Bertz CT molecular complexity index is 588. The molecule has 2 rings (SSSR count). The summed E-state index contributed by atoms with van der Waals surface area (Å²) in [7, 11) is 1.54. The van der Waals surface area contributed by atoms with Crippen molar-refractivity contribution in [1.82, 2.24) is 9.97 Å². The summed E-state index contributed by atoms with van der Waals surface area (Å²) in [5.41, 5.74) is 2.28. The summed E-state index contributed by atoms with van der Waals surface area (Å²) in [5, 5.41) is 0.339. The quantitative estimate of drug-likeness (QED) is 0.805. The predicted octanol–water partition coefficient (Wildman–Crippen LogP) is 3.33. The summed E-state index contributed by atoms with van der Waals surface area (Å²) in [6.07, 6.45) is 0. The van der Waals surface area contributed by atoms with Crippen LogP contribution in [0.1, 0.15) is 17.0 Å². The summed E-state index contributed by atoms with van der Waals surface area (Å²) < 4.78 is 10.7. The molecule has 0 saturated heterocycles. The van der Waals surface area contributed by atoms with E-state index in [0.717, 1.165) is 11.3 Å². The predicted molar refractivity (Wildman–Crippen MR) is 73.8 cm³/mol. The number of aromatic nitrogens is 2. The van der Waals surface area contributed by atoms with Gasteiger partial charge in [-0.25, -0.2) is 4.98 Å². The maximum absolute atomic E-state index is 5.88. The van der Waals surface area contributed by atoms with Crippen LogP contribution in [0, 0.1) is 13.8 Å². The van der Waals surface area contributed by atoms with Crippen molar-refractivity contribution in [2.75, 3.05) is 7.11 Å². The lowest BCUT2D eigenvalue weighted by atomic mass is 10.1. The van der Waals surface area contributed by atoms with Crippen LogP contribution < -0.4 is 9.47 Å². The van der Waals surface area contributed by atoms with E-state index in [2.05, 4.69) is 16.0 Å². The smallest absolute Gasteiger partial charge is 0.217 e. The van der Waals surface area contributed by atoms with Gasteiger partial charge in [0.25, 0.3) is 0 Å². The zero-order chi connectivity index (χ0) is 13.8. The standard InChI is InChI=1S/C14H15ClN2O2/c1-9-4-5-11(10(2)6-9)19-8-13-16-12(15)7-14(17-13)18-3/h4-7H,8H2,1-3H3. The molecule has 0 fully saturated rings. The topological polar surface area (TPSA) is 44.2 Å². The van der Waals surface area contributed by atoms with Crippen LogP contribution in [0.2, 0.25) is 5.15 Å². The molecule has 0 saturated carbocycles. The number of aryl methyl sites for hydroxylation is 2. The average molecular weight is 279 g/mol. The average Bonchev–Trinajstić information content (AvgIpc) is 2.37. The van der Waals surface area contributed by atoms with Gasteiger partial charge in [0.1, 0.15) is 17.5 Å². The second-order valence-corrected chi connectivity index (χ2v) is 4.59. The van der Waals surface area contributed by atoms with Gasteiger partial charge in [-0.05, 0) is 25.5 Å². The largest absolute Gasteiger partial charge is 0.485 e. The molecule has 19 heavy (non-hydrogen) atoms. The van der Waals surface area contributed by atoms with E-state index < -0.39 is 0 Å². The van der Waals surface area contributed by atoms with Crippen LogP contribution in [0.4, 0.5) is 0 Å². The normalized spacial score (nSPS) is 10.3. The Morgan fingerprint density at radius 3 is 2.63 bits per heavy atom. The molecule has 0 radical (unpaired) electrons. The summed E-state index contributed by atoms with van der Waals surface area (Å²) in [4.78, 5) is 8.26. The first-order valence-electron chi connectivity index (χ1n) is 5.86. The molecule has 4 nitrogen and oxygen atoms in total. The molecule has 2 aromatic rings. The molecule has 1 aromatic heterocycles. The Labute approximate surface area is 117 Å². The minimum Gasteiger partial charge on any atom is -0.485 e. The molecule has 5 heteroatoms. The van der Waals surface area contributed by atoms with Gasteiger partial charge in [0, 0.05) is 6.07 Å². The highest BCUT2D eigenvalue weighted by molar-refractivity contribution is 6.29. The van der Waals surface area contributed by atoms with Crippen molar-refractivity contribution in [2.24, 2.45) is 0 Å². The molecule has 0 unspecified atom stereocenters. The lowest BCUT2D eigenvalue weighted by Gasteiger charge is -2.09. The lowest BCUT2D eigenvalue weighted by Crippen LogP contribution is -2.04. The van der Waals surface area contributed by atoms with Crippen LogP contribution in [0.15, 0.2) is 24.3 Å². The zero-order valence-corrected chi connectivity index (χ0v) is 11.9. The number of benzene rings is 1. The molecule has 0 spiro atoms. The van der Waals surface area contributed by atoms with Crippen molar-refractivity contribution < 1.29 is 9.47 Å². The van der Waals surface area contributed by atoms with Gasteiger partial charge in [-0.1, -0.05) is 29.3 Å². The van der Waals surface area contributed by atoms with E-state index in [1.54, 1.807) is 6.07 Å². The van der Waals surface area contributed by atoms with E-state index in [0.29, 0.717) is 16.9 Å². The molecule has 100 valence electrons. The Hall–Kier alpha value is -1.81. The van der Waals surface area contributed by atoms with Crippen molar-refractivity contribution in [3.05, 3.63) is 46.4 Å². The van der Waals surface area contributed by atoms with E-state index >= 15 is 0 Å². The number of hydrogen-bond donors (Lipinski definition) is 0. The van der Waals surface area contributed by atoms with Crippen molar-refractivity contribution in [1.29, 1.82) is 0 Å². The molecule has 0 bridgehead atoms. The lowest BCUT2D eigenvalue weighted by molar-refractivity contribution is 0.290. The molecule has 0 N–H and O–H groups in total. The molecule has 0 aliphatic rings. The first kappa shape index (κ1) is 13.6. The highest BCUT2D eigenvalue weighted by Gasteiger charge is 2.06. The minimum atomic E-state index is 0.251. The fraction of sp³-hybridized carbons (Fsp3) is 0.286. The maximum Gasteiger partial charge on any atom is 0.217 e. The molecule has 1 aromatic carbocycles. The van der Waals surface area contributed by atoms with Crippen LogP contribution in [-0.2, 0) is 6.61 Å². The van der Waals surface area contributed by atoms with E-state index in [1.807, 2.05) is 26.0 Å². The summed E-state index contributed by atoms with van der Waals surface area (Å²) in [6.45, 7) is 4.30. The van der Waals surface area contributed by atoms with Gasteiger partial charge in [-0.3, -0.25) is 0 Å². The van der Waals surface area contributed by atoms with Gasteiger partial charge in [-0.2, -0.15) is 4.98 Å². The number of rotatable bonds is 4. The van der Waals surface area contributed by atoms with Crippen molar-refractivity contribution in [3.63, 3.8) is 0 Å². The van der Waals surface area contributed by atoms with Crippen LogP contribution in [0.25, 0.3) is 0 Å². The van der Waals surface area contributed by atoms with Crippen LogP contribution in [-0.4, -0.2) is 17.1 Å². The SMILES string of the molecule is COc1cc(Cl)nc(COc2ccc(C)cc2C)n1. The van der Waals surface area contributed by atoms with Crippen LogP contribution in [0.3, 0.4) is 0 Å². The molecule has 0 aliphatic carbocycles. The first-order valence-corrected chi connectivity index (χ1v) is 6.24. The third-order valence-electron chi connectivity index (χ3n) is 2.61. The van der Waals surface area contributed by atoms with Crippen molar-refractivity contribution in [2.45, 2.75) is 20.5 Å². The van der Waals surface area contributed by atoms with Gasteiger partial charge in [0.05, 0.1) is 7.11 Å². The van der Waals surface area contributed by atoms with Crippen LogP contribution >= 0.6 is 11.6 Å². The minimum absolute atomic E-state index is 0.251. The monoisotopic (exact) mass is 278 g/mol. The number of nitrogens with zero attached hydrogens (tertiary/aromatic N) is 2. The molecular weight excluding hydrogens is 264 g/mol. The second-order valence-electron chi connectivity index (χ2n) is 4.21. The third kappa shape index (κ3) is 3.58. The molecule has 0 aliphatic heterocycles. The highest BCUT2D eigenvalue weighted by Crippen LogP contribution is 2.20. The maximum atomic E-state index is 5.88. The van der Waals surface area contributed by atoms with Crippen molar-refractivity contribution in [3.8, 4) is 11.6 Å². The van der Waals surface area contributed by atoms with E-state index in [9.17, 15) is 0 Å². The Kier molecular flexibility index (Phi) is 4.22. The molecule has 0 atom stereocenters. The molecule has 0 amide bonds. The zero-order valence-electron chi connectivity index (χ0n) is 11.1. The van der Waals surface area contributed by atoms with Gasteiger partial charge in [-0.15, -0.1) is 0 Å². The van der Waals surface area contributed by atoms with Gasteiger partial charge in [0.2, 0.25) is 5.88 Å². The number of ether oxygens (including phenoxy) is 2. The summed E-state index contributed by atoms with van der Waals surface area (Å²) in [6, 6.07) is 7.56. The second kappa shape index (κ2) is 5.89. The Balaban J connectivity index is 2.12. The van der Waals surface area contributed by atoms with E-state index in [1.165, 1.54) is 12.7 Å². The summed E-state index contributed by atoms with van der Waals surface area (Å²) in [5.74, 6) is 1.73. The van der Waals surface area contributed by atoms with Gasteiger partial charge < -0.3 is 9.47 Å². The Morgan fingerprint density at radius 1 is 1.16 bits per heavy atom. The fourth-order valence-electron chi connectivity index (χ4n) is 1.71. The number of hydrogen-bond acceptors (Lipinski definition) is 4. The molecule has 1 heterocycles. The van der Waals surface area contributed by atoms with E-state index in [-0.39, 0.29) is 6.61 Å². The van der Waals surface area contributed by atoms with Gasteiger partial charge >= 0.3 is 0 Å². The first-order chi connectivity index (χ1) is 9.08. The Morgan fingerprint density at radius 2 is 1.95 bits per heavy atom. The third-order valence-corrected chi connectivity index (χ3v) is 2.81. The number of halogens is 1. The molecular formula is C14H15ClN2O2. The van der Waals surface area contributed by atoms with Gasteiger partial charge in [0.15, 0.2) is 5.82 Å². The number of methoxy groups -OCH3 is 1. The summed E-state index contributed by atoms with van der Waals surface area (Å²) >= 11 is 5.88.